The van der Waals surface area contributed by atoms with E-state index in [1.807, 2.05) is 36.4 Å². The van der Waals surface area contributed by atoms with Crippen LogP contribution >= 0.6 is 0 Å². The highest BCUT2D eigenvalue weighted by Gasteiger charge is 2.16. The van der Waals surface area contributed by atoms with Gasteiger partial charge in [0, 0.05) is 12.1 Å². The molecular weight excluding hydrogens is 390 g/mol. The molecule has 0 radical (unpaired) electrons. The average molecular weight is 409 g/mol. The van der Waals surface area contributed by atoms with Gasteiger partial charge >= 0.3 is 0 Å². The second kappa shape index (κ2) is 9.37. The lowest BCUT2D eigenvalue weighted by atomic mass is 10.1. The Kier molecular flexibility index (Phi) is 6.43. The summed E-state index contributed by atoms with van der Waals surface area (Å²) in [4.78, 5) is 34.0. The van der Waals surface area contributed by atoms with Crippen LogP contribution in [0.5, 0.6) is 11.5 Å². The lowest BCUT2D eigenvalue weighted by Crippen LogP contribution is -2.48. The van der Waals surface area contributed by atoms with Gasteiger partial charge in [0.15, 0.2) is 12.7 Å². The SMILES string of the molecule is C[C@@H](Oc1ccc2ccccc2c1)C(=O)NNC(=O)COc1ccc([N+](=O)[O-])cc1. The number of hydrogen-bond donors (Lipinski definition) is 2. The maximum Gasteiger partial charge on any atom is 0.279 e. The summed E-state index contributed by atoms with van der Waals surface area (Å²) in [5.74, 6) is -0.314. The van der Waals surface area contributed by atoms with Crippen molar-refractivity contribution in [1.29, 1.82) is 0 Å². The molecule has 0 aliphatic carbocycles. The van der Waals surface area contributed by atoms with E-state index < -0.39 is 22.8 Å². The first kappa shape index (κ1) is 20.6. The van der Waals surface area contributed by atoms with E-state index in [-0.39, 0.29) is 18.0 Å². The molecule has 0 aliphatic rings. The Morgan fingerprint density at radius 2 is 1.63 bits per heavy atom. The number of rotatable bonds is 7. The van der Waals surface area contributed by atoms with Crippen LogP contribution in [0.1, 0.15) is 6.92 Å². The molecule has 154 valence electrons. The number of non-ortho nitro benzene ring substituents is 1. The number of nitrogens with one attached hydrogen (secondary N) is 2. The number of carbonyl (C=O) groups is 2. The number of benzene rings is 3. The molecule has 1 atom stereocenters. The molecule has 0 spiro atoms. The topological polar surface area (TPSA) is 120 Å². The van der Waals surface area contributed by atoms with Gasteiger partial charge in [0.25, 0.3) is 17.5 Å². The molecule has 3 rings (SSSR count). The number of nitrogens with zero attached hydrogens (tertiary/aromatic N) is 1. The van der Waals surface area contributed by atoms with E-state index >= 15 is 0 Å². The molecule has 9 nitrogen and oxygen atoms in total. The standard InChI is InChI=1S/C21H19N3O6/c1-14(30-19-9-6-15-4-2-3-5-16(15)12-19)21(26)23-22-20(25)13-29-18-10-7-17(8-11-18)24(27)28/h2-12,14H,13H2,1H3,(H,22,25)(H,23,26)/t14-/m1/s1. The monoisotopic (exact) mass is 409 g/mol. The minimum atomic E-state index is -0.845. The Morgan fingerprint density at radius 3 is 2.33 bits per heavy atom. The minimum absolute atomic E-state index is 0.0838. The van der Waals surface area contributed by atoms with Gasteiger partial charge in [-0.25, -0.2) is 0 Å². The summed E-state index contributed by atoms with van der Waals surface area (Å²) in [6, 6.07) is 18.5. The second-order valence-corrected chi connectivity index (χ2v) is 6.35. The van der Waals surface area contributed by atoms with Gasteiger partial charge in [0.1, 0.15) is 11.5 Å². The van der Waals surface area contributed by atoms with Crippen molar-refractivity contribution in [3.8, 4) is 11.5 Å². The van der Waals surface area contributed by atoms with Crippen molar-refractivity contribution in [1.82, 2.24) is 10.9 Å². The third-order valence-corrected chi connectivity index (χ3v) is 4.15. The highest BCUT2D eigenvalue weighted by atomic mass is 16.6. The number of hydrazine groups is 1. The zero-order valence-corrected chi connectivity index (χ0v) is 16.0. The van der Waals surface area contributed by atoms with Gasteiger partial charge in [-0.15, -0.1) is 0 Å². The van der Waals surface area contributed by atoms with Crippen LogP contribution in [0, 0.1) is 10.1 Å². The largest absolute Gasteiger partial charge is 0.484 e. The van der Waals surface area contributed by atoms with Crippen molar-refractivity contribution in [2.24, 2.45) is 0 Å². The van der Waals surface area contributed by atoms with Gasteiger partial charge in [-0.1, -0.05) is 30.3 Å². The molecule has 0 aliphatic heterocycles. The van der Waals surface area contributed by atoms with Gasteiger partial charge in [0.05, 0.1) is 4.92 Å². The summed E-state index contributed by atoms with van der Waals surface area (Å²) in [7, 11) is 0. The van der Waals surface area contributed by atoms with Crippen molar-refractivity contribution in [2.45, 2.75) is 13.0 Å². The average Bonchev–Trinajstić information content (AvgIpc) is 2.76. The van der Waals surface area contributed by atoms with Crippen LogP contribution in [0.3, 0.4) is 0 Å². The number of amides is 2. The Bertz CT molecular complexity index is 1070. The molecule has 2 amide bonds. The Morgan fingerprint density at radius 1 is 0.967 bits per heavy atom. The summed E-state index contributed by atoms with van der Waals surface area (Å²) in [5.41, 5.74) is 4.41. The molecule has 0 saturated carbocycles. The van der Waals surface area contributed by atoms with Gasteiger partial charge in [-0.3, -0.25) is 30.6 Å². The maximum atomic E-state index is 12.1. The van der Waals surface area contributed by atoms with E-state index in [1.165, 1.54) is 24.3 Å². The first-order valence-electron chi connectivity index (χ1n) is 9.04. The van der Waals surface area contributed by atoms with Crippen LogP contribution in [0.25, 0.3) is 10.8 Å². The number of ether oxygens (including phenoxy) is 2. The van der Waals surface area contributed by atoms with Crippen LogP contribution in [0.4, 0.5) is 5.69 Å². The van der Waals surface area contributed by atoms with Crippen LogP contribution in [-0.4, -0.2) is 29.4 Å². The quantitative estimate of drug-likeness (QED) is 0.457. The molecule has 30 heavy (non-hydrogen) atoms. The number of hydrogen-bond acceptors (Lipinski definition) is 6. The Labute approximate surface area is 171 Å². The van der Waals surface area contributed by atoms with Crippen molar-refractivity contribution < 1.29 is 24.0 Å². The molecule has 0 bridgehead atoms. The Hall–Kier alpha value is -4.14. The van der Waals surface area contributed by atoms with Crippen LogP contribution in [-0.2, 0) is 9.59 Å². The third-order valence-electron chi connectivity index (χ3n) is 4.15. The summed E-state index contributed by atoms with van der Waals surface area (Å²) in [5, 5.41) is 12.6. The van der Waals surface area contributed by atoms with E-state index in [0.29, 0.717) is 5.75 Å². The van der Waals surface area contributed by atoms with Crippen LogP contribution in [0.2, 0.25) is 0 Å². The summed E-state index contributed by atoms with van der Waals surface area (Å²) >= 11 is 0. The molecular formula is C21H19N3O6. The minimum Gasteiger partial charge on any atom is -0.484 e. The lowest BCUT2D eigenvalue weighted by Gasteiger charge is -2.15. The van der Waals surface area contributed by atoms with E-state index in [4.69, 9.17) is 9.47 Å². The molecule has 0 heterocycles. The molecule has 0 unspecified atom stereocenters. The number of fused-ring (bicyclic) bond motifs is 1. The fourth-order valence-corrected chi connectivity index (χ4v) is 2.58. The number of nitro groups is 1. The molecule has 0 fully saturated rings. The summed E-state index contributed by atoms with van der Waals surface area (Å²) in [6.07, 6.45) is -0.845. The predicted octanol–water partition coefficient (Wildman–Crippen LogP) is 2.74. The number of carbonyl (C=O) groups excluding carboxylic acids is 2. The molecule has 0 aromatic heterocycles. The Balaban J connectivity index is 1.44. The highest BCUT2D eigenvalue weighted by molar-refractivity contribution is 5.86. The van der Waals surface area contributed by atoms with Crippen molar-refractivity contribution in [3.63, 3.8) is 0 Å². The van der Waals surface area contributed by atoms with Crippen molar-refractivity contribution >= 4 is 28.3 Å². The maximum absolute atomic E-state index is 12.1. The zero-order valence-electron chi connectivity index (χ0n) is 16.0. The van der Waals surface area contributed by atoms with Gasteiger partial charge in [-0.2, -0.15) is 0 Å². The smallest absolute Gasteiger partial charge is 0.279 e. The van der Waals surface area contributed by atoms with Crippen LogP contribution < -0.4 is 20.3 Å². The van der Waals surface area contributed by atoms with Gasteiger partial charge in [0.2, 0.25) is 0 Å². The zero-order chi connectivity index (χ0) is 21.5. The number of nitro benzene ring substituents is 1. The first-order chi connectivity index (χ1) is 14.4. The molecule has 0 saturated heterocycles. The van der Waals surface area contributed by atoms with Gasteiger partial charge in [-0.05, 0) is 42.0 Å². The molecule has 3 aromatic rings. The van der Waals surface area contributed by atoms with Crippen LogP contribution in [0.15, 0.2) is 66.7 Å². The summed E-state index contributed by atoms with van der Waals surface area (Å²) in [6.45, 7) is 1.18. The van der Waals surface area contributed by atoms with E-state index in [9.17, 15) is 19.7 Å². The first-order valence-corrected chi connectivity index (χ1v) is 9.04. The molecule has 2 N–H and O–H groups in total. The van der Waals surface area contributed by atoms with Gasteiger partial charge < -0.3 is 9.47 Å². The van der Waals surface area contributed by atoms with E-state index in [0.717, 1.165) is 10.8 Å². The molecule has 9 heteroatoms. The van der Waals surface area contributed by atoms with Crippen molar-refractivity contribution in [3.05, 3.63) is 76.8 Å². The van der Waals surface area contributed by atoms with E-state index in [1.54, 1.807) is 13.0 Å². The summed E-state index contributed by atoms with van der Waals surface area (Å²) < 4.78 is 10.8. The van der Waals surface area contributed by atoms with E-state index in [2.05, 4.69) is 10.9 Å². The highest BCUT2D eigenvalue weighted by Crippen LogP contribution is 2.21. The second-order valence-electron chi connectivity index (χ2n) is 6.35. The fourth-order valence-electron chi connectivity index (χ4n) is 2.58. The predicted molar refractivity (Wildman–Crippen MR) is 109 cm³/mol. The normalized spacial score (nSPS) is 11.4. The fraction of sp³-hybridized carbons (Fsp3) is 0.143. The third kappa shape index (κ3) is 5.44. The lowest BCUT2D eigenvalue weighted by molar-refractivity contribution is -0.384. The molecule has 3 aromatic carbocycles. The van der Waals surface area contributed by atoms with Crippen molar-refractivity contribution in [2.75, 3.05) is 6.61 Å².